The van der Waals surface area contributed by atoms with Crippen LogP contribution in [0.15, 0.2) is 34.9 Å². The van der Waals surface area contributed by atoms with Crippen LogP contribution >= 0.6 is 0 Å². The molecule has 0 aliphatic rings. The van der Waals surface area contributed by atoms with Gasteiger partial charge in [-0.3, -0.25) is 4.79 Å². The molecule has 0 saturated carbocycles. The smallest absolute Gasteiger partial charge is 0.360 e. The van der Waals surface area contributed by atoms with Gasteiger partial charge in [0.2, 0.25) is 5.89 Å². The fourth-order valence-corrected chi connectivity index (χ4v) is 2.49. The Morgan fingerprint density at radius 3 is 2.37 bits per heavy atom. The summed E-state index contributed by atoms with van der Waals surface area (Å²) in [7, 11) is 2.84. The van der Waals surface area contributed by atoms with Gasteiger partial charge in [-0.2, -0.15) is 0 Å². The van der Waals surface area contributed by atoms with Crippen molar-refractivity contribution >= 4 is 11.9 Å². The summed E-state index contributed by atoms with van der Waals surface area (Å²) in [6, 6.07) is 7.56. The van der Waals surface area contributed by atoms with Crippen LogP contribution in [-0.2, 0) is 21.4 Å². The van der Waals surface area contributed by atoms with Crippen LogP contribution < -0.4 is 0 Å². The SMILES string of the molecule is COCCN(Cc1nc(C(=O)OC)co1)C(=O)c1ccc(C(C)(C)C)cc1. The fourth-order valence-electron chi connectivity index (χ4n) is 2.49. The molecular formula is C20H26N2O5. The number of oxazole rings is 1. The summed E-state index contributed by atoms with van der Waals surface area (Å²) in [5, 5.41) is 0. The van der Waals surface area contributed by atoms with Crippen molar-refractivity contribution < 1.29 is 23.5 Å². The summed E-state index contributed by atoms with van der Waals surface area (Å²) < 4.78 is 15.0. The van der Waals surface area contributed by atoms with Crippen LogP contribution in [0.3, 0.4) is 0 Å². The number of carbonyl (C=O) groups is 2. The molecule has 0 saturated heterocycles. The third-order valence-electron chi connectivity index (χ3n) is 4.12. The lowest BCUT2D eigenvalue weighted by Gasteiger charge is -2.22. The van der Waals surface area contributed by atoms with E-state index in [1.807, 2.05) is 24.3 Å². The number of hydrogen-bond acceptors (Lipinski definition) is 6. The molecule has 2 aromatic rings. The van der Waals surface area contributed by atoms with Crippen LogP contribution in [0.5, 0.6) is 0 Å². The first-order valence-electron chi connectivity index (χ1n) is 8.67. The van der Waals surface area contributed by atoms with Gasteiger partial charge in [-0.25, -0.2) is 9.78 Å². The second-order valence-electron chi connectivity index (χ2n) is 7.16. The Bertz CT molecular complexity index is 774. The van der Waals surface area contributed by atoms with E-state index in [0.29, 0.717) is 18.7 Å². The second-order valence-corrected chi connectivity index (χ2v) is 7.16. The van der Waals surface area contributed by atoms with Crippen molar-refractivity contribution in [2.45, 2.75) is 32.7 Å². The van der Waals surface area contributed by atoms with Gasteiger partial charge in [-0.05, 0) is 23.1 Å². The van der Waals surface area contributed by atoms with Gasteiger partial charge in [0.1, 0.15) is 6.26 Å². The number of nitrogens with zero attached hydrogens (tertiary/aromatic N) is 2. The first-order valence-corrected chi connectivity index (χ1v) is 8.67. The monoisotopic (exact) mass is 374 g/mol. The van der Waals surface area contributed by atoms with E-state index in [-0.39, 0.29) is 29.5 Å². The Hall–Kier alpha value is -2.67. The quantitative estimate of drug-likeness (QED) is 0.693. The van der Waals surface area contributed by atoms with Gasteiger partial charge in [0.25, 0.3) is 5.91 Å². The molecule has 0 spiro atoms. The highest BCUT2D eigenvalue weighted by Crippen LogP contribution is 2.22. The summed E-state index contributed by atoms with van der Waals surface area (Å²) in [4.78, 5) is 30.1. The number of aromatic nitrogens is 1. The third-order valence-corrected chi connectivity index (χ3v) is 4.12. The summed E-state index contributed by atoms with van der Waals surface area (Å²) in [6.07, 6.45) is 1.22. The van der Waals surface area contributed by atoms with Crippen molar-refractivity contribution in [1.82, 2.24) is 9.88 Å². The van der Waals surface area contributed by atoms with E-state index in [4.69, 9.17) is 9.15 Å². The van der Waals surface area contributed by atoms with Gasteiger partial charge in [-0.15, -0.1) is 0 Å². The minimum absolute atomic E-state index is 0.0136. The van der Waals surface area contributed by atoms with E-state index >= 15 is 0 Å². The maximum atomic E-state index is 12.9. The molecule has 7 nitrogen and oxygen atoms in total. The molecule has 7 heteroatoms. The van der Waals surface area contributed by atoms with Crippen molar-refractivity contribution in [3.63, 3.8) is 0 Å². The number of carbonyl (C=O) groups excluding carboxylic acids is 2. The first-order chi connectivity index (χ1) is 12.8. The number of esters is 1. The van der Waals surface area contributed by atoms with Gasteiger partial charge in [-0.1, -0.05) is 32.9 Å². The lowest BCUT2D eigenvalue weighted by Crippen LogP contribution is -2.33. The van der Waals surface area contributed by atoms with Crippen molar-refractivity contribution in [3.05, 3.63) is 53.2 Å². The zero-order valence-electron chi connectivity index (χ0n) is 16.4. The Morgan fingerprint density at radius 2 is 1.81 bits per heavy atom. The Morgan fingerprint density at radius 1 is 1.15 bits per heavy atom. The minimum Gasteiger partial charge on any atom is -0.464 e. The average Bonchev–Trinajstić information content (AvgIpc) is 3.12. The number of rotatable bonds is 7. The van der Waals surface area contributed by atoms with Crippen molar-refractivity contribution in [3.8, 4) is 0 Å². The molecule has 0 N–H and O–H groups in total. The van der Waals surface area contributed by atoms with Gasteiger partial charge >= 0.3 is 5.97 Å². The second kappa shape index (κ2) is 8.81. The molecule has 0 unspecified atom stereocenters. The molecule has 1 amide bonds. The van der Waals surface area contributed by atoms with Crippen LogP contribution in [0.2, 0.25) is 0 Å². The van der Waals surface area contributed by atoms with Crippen molar-refractivity contribution in [2.75, 3.05) is 27.4 Å². The van der Waals surface area contributed by atoms with E-state index in [9.17, 15) is 9.59 Å². The predicted octanol–water partition coefficient (Wildman–Crippen LogP) is 3.05. The van der Waals surface area contributed by atoms with Crippen LogP contribution in [0.25, 0.3) is 0 Å². The zero-order valence-corrected chi connectivity index (χ0v) is 16.4. The van der Waals surface area contributed by atoms with Crippen LogP contribution in [0.1, 0.15) is 53.1 Å². The average molecular weight is 374 g/mol. The highest BCUT2D eigenvalue weighted by Gasteiger charge is 2.21. The number of hydrogen-bond donors (Lipinski definition) is 0. The fraction of sp³-hybridized carbons (Fsp3) is 0.450. The van der Waals surface area contributed by atoms with Crippen LogP contribution in [0.4, 0.5) is 0 Å². The van der Waals surface area contributed by atoms with Gasteiger partial charge in [0, 0.05) is 19.2 Å². The highest BCUT2D eigenvalue weighted by molar-refractivity contribution is 5.94. The zero-order chi connectivity index (χ0) is 20.0. The molecular weight excluding hydrogens is 348 g/mol. The highest BCUT2D eigenvalue weighted by atomic mass is 16.5. The standard InChI is InChI=1S/C20H26N2O5/c1-20(2,3)15-8-6-14(7-9-15)18(23)22(10-11-25-4)12-17-21-16(13-27-17)19(24)26-5/h6-9,13H,10-12H2,1-5H3. The minimum atomic E-state index is -0.586. The maximum absolute atomic E-state index is 12.9. The molecule has 2 rings (SSSR count). The number of benzene rings is 1. The summed E-state index contributed by atoms with van der Waals surface area (Å²) in [6.45, 7) is 7.23. The molecule has 0 aliphatic heterocycles. The maximum Gasteiger partial charge on any atom is 0.360 e. The molecule has 1 aromatic carbocycles. The largest absolute Gasteiger partial charge is 0.464 e. The van der Waals surface area contributed by atoms with E-state index in [2.05, 4.69) is 30.5 Å². The Labute approximate surface area is 159 Å². The lowest BCUT2D eigenvalue weighted by molar-refractivity contribution is 0.0594. The first kappa shape index (κ1) is 20.6. The van der Waals surface area contributed by atoms with Crippen molar-refractivity contribution in [2.24, 2.45) is 0 Å². The topological polar surface area (TPSA) is 81.9 Å². The normalized spacial score (nSPS) is 11.3. The summed E-state index contributed by atoms with van der Waals surface area (Å²) in [5.74, 6) is -0.492. The third kappa shape index (κ3) is 5.40. The van der Waals surface area contributed by atoms with Crippen LogP contribution in [0, 0.1) is 0 Å². The molecule has 1 aromatic heterocycles. The number of amides is 1. The molecule has 0 radical (unpaired) electrons. The number of ether oxygens (including phenoxy) is 2. The molecule has 0 fully saturated rings. The van der Waals surface area contributed by atoms with E-state index < -0.39 is 5.97 Å². The van der Waals surface area contributed by atoms with Gasteiger partial charge in [0.15, 0.2) is 5.69 Å². The number of methoxy groups -OCH3 is 2. The molecule has 0 aliphatic carbocycles. The van der Waals surface area contributed by atoms with Gasteiger partial charge < -0.3 is 18.8 Å². The molecule has 0 bridgehead atoms. The lowest BCUT2D eigenvalue weighted by atomic mass is 9.86. The van der Waals surface area contributed by atoms with E-state index in [0.717, 1.165) is 5.56 Å². The summed E-state index contributed by atoms with van der Waals surface area (Å²) >= 11 is 0. The van der Waals surface area contributed by atoms with E-state index in [1.54, 1.807) is 12.0 Å². The summed E-state index contributed by atoms with van der Waals surface area (Å²) in [5.41, 5.74) is 1.80. The van der Waals surface area contributed by atoms with Crippen LogP contribution in [-0.4, -0.2) is 49.1 Å². The van der Waals surface area contributed by atoms with Crippen molar-refractivity contribution in [1.29, 1.82) is 0 Å². The Kier molecular flexibility index (Phi) is 6.74. The molecule has 1 heterocycles. The van der Waals surface area contributed by atoms with E-state index in [1.165, 1.54) is 13.4 Å². The van der Waals surface area contributed by atoms with Gasteiger partial charge in [0.05, 0.1) is 20.3 Å². The molecule has 27 heavy (non-hydrogen) atoms. The Balaban J connectivity index is 2.18. The molecule has 146 valence electrons. The molecule has 0 atom stereocenters. The predicted molar refractivity (Wildman–Crippen MR) is 99.6 cm³/mol.